The molecule has 3 rings (SSSR count). The molecule has 0 aliphatic carbocycles. The topological polar surface area (TPSA) is 29.0 Å². The van der Waals surface area contributed by atoms with Gasteiger partial charge in [0, 0.05) is 33.0 Å². The summed E-state index contributed by atoms with van der Waals surface area (Å²) in [7, 11) is 0. The summed E-state index contributed by atoms with van der Waals surface area (Å²) in [5.41, 5.74) is 3.98. The van der Waals surface area contributed by atoms with Gasteiger partial charge < -0.3 is 4.90 Å². The molecule has 3 nitrogen and oxygen atoms in total. The molecule has 178 valence electrons. The maximum Gasteiger partial charge on any atom is 0.161 e. The molecule has 0 aliphatic rings. The van der Waals surface area contributed by atoms with Gasteiger partial charge in [-0.05, 0) is 66.8 Å². The van der Waals surface area contributed by atoms with E-state index in [2.05, 4.69) is 94.5 Å². The van der Waals surface area contributed by atoms with Crippen LogP contribution >= 0.6 is 34.2 Å². The second kappa shape index (κ2) is 13.8. The summed E-state index contributed by atoms with van der Waals surface area (Å²) in [5.74, 6) is 0.631. The van der Waals surface area contributed by atoms with Crippen molar-refractivity contribution in [1.29, 1.82) is 0 Å². The molecule has 0 saturated carbocycles. The van der Waals surface area contributed by atoms with Gasteiger partial charge >= 0.3 is 0 Å². The molecule has 0 bridgehead atoms. The zero-order valence-electron chi connectivity index (χ0n) is 20.0. The van der Waals surface area contributed by atoms with Crippen LogP contribution in [0.1, 0.15) is 19.5 Å². The number of allylic oxidation sites excluding steroid dienone is 7. The summed E-state index contributed by atoms with van der Waals surface area (Å²) in [4.78, 5) is 11.4. The first-order chi connectivity index (χ1) is 17.0. The molecular weight excluding hydrogens is 565 g/mol. The number of hydrogen-bond acceptors (Lipinski definition) is 3. The van der Waals surface area contributed by atoms with Crippen molar-refractivity contribution in [1.82, 2.24) is 9.97 Å². The molecule has 0 fully saturated rings. The highest BCUT2D eigenvalue weighted by Gasteiger charge is 2.17. The summed E-state index contributed by atoms with van der Waals surface area (Å²) in [5, 5.41) is 0.437. The Morgan fingerprint density at radius 1 is 1.09 bits per heavy atom. The zero-order valence-corrected chi connectivity index (χ0v) is 22.9. The van der Waals surface area contributed by atoms with Gasteiger partial charge in [-0.1, -0.05) is 97.1 Å². The van der Waals surface area contributed by atoms with Crippen molar-refractivity contribution >= 4 is 39.9 Å². The molecule has 0 aliphatic heterocycles. The van der Waals surface area contributed by atoms with E-state index in [1.54, 1.807) is 0 Å². The van der Waals surface area contributed by atoms with Crippen LogP contribution in [0.25, 0.3) is 11.4 Å². The quantitative estimate of drug-likeness (QED) is 0.134. The average Bonchev–Trinajstić information content (AvgIpc) is 2.86. The van der Waals surface area contributed by atoms with E-state index in [9.17, 15) is 0 Å². The monoisotopic (exact) mass is 593 g/mol. The van der Waals surface area contributed by atoms with Crippen molar-refractivity contribution in [2.45, 2.75) is 26.3 Å². The fraction of sp³-hybridized carbons (Fsp3) is 0.133. The van der Waals surface area contributed by atoms with E-state index in [-0.39, 0.29) is 6.04 Å². The standard InChI is InChI=1S/C30H29ClIN3/c1-4-6-8-15-23(3)35(28-21-12-11-20-27(28)32)26(14-5-2)19-13-18-25-22-29(31)34-30(33-25)24-16-9-7-10-17-24/h4-17,19-23H,2,18H2,1,3H3/b6-4-,15-8-,19-13-,26-14+. The predicted octanol–water partition coefficient (Wildman–Crippen LogP) is 8.60. The SMILES string of the molecule is C=C/C=C(\C=C/Cc1cc(Cl)nc(-c2ccccc2)n1)N(c1ccccc1I)C(C)/C=C\C=C/C. The Morgan fingerprint density at radius 3 is 2.54 bits per heavy atom. The van der Waals surface area contributed by atoms with Gasteiger partial charge in [0.05, 0.1) is 5.69 Å². The molecule has 0 spiro atoms. The van der Waals surface area contributed by atoms with Crippen molar-refractivity contribution in [2.75, 3.05) is 4.90 Å². The van der Waals surface area contributed by atoms with Crippen LogP contribution in [-0.2, 0) is 6.42 Å². The molecule has 3 aromatic rings. The molecule has 1 atom stereocenters. The highest BCUT2D eigenvalue weighted by atomic mass is 127. The first-order valence-corrected chi connectivity index (χ1v) is 12.9. The molecule has 0 amide bonds. The molecule has 1 unspecified atom stereocenters. The normalized spacial score (nSPS) is 13.1. The molecule has 1 heterocycles. The van der Waals surface area contributed by atoms with Crippen LogP contribution in [0.5, 0.6) is 0 Å². The lowest BCUT2D eigenvalue weighted by Gasteiger charge is -2.31. The third kappa shape index (κ3) is 7.77. The van der Waals surface area contributed by atoms with Gasteiger partial charge in [0.1, 0.15) is 5.15 Å². The minimum Gasteiger partial charge on any atom is -0.334 e. The van der Waals surface area contributed by atoms with E-state index < -0.39 is 0 Å². The summed E-state index contributed by atoms with van der Waals surface area (Å²) in [6.45, 7) is 8.15. The Kier molecular flexibility index (Phi) is 10.5. The highest BCUT2D eigenvalue weighted by molar-refractivity contribution is 14.1. The van der Waals surface area contributed by atoms with E-state index in [1.807, 2.05) is 67.6 Å². The smallest absolute Gasteiger partial charge is 0.161 e. The van der Waals surface area contributed by atoms with Gasteiger partial charge in [-0.3, -0.25) is 0 Å². The molecule has 35 heavy (non-hydrogen) atoms. The summed E-state index contributed by atoms with van der Waals surface area (Å²) >= 11 is 8.71. The lowest BCUT2D eigenvalue weighted by Crippen LogP contribution is -2.31. The van der Waals surface area contributed by atoms with Gasteiger partial charge in [0.2, 0.25) is 0 Å². The molecule has 0 radical (unpaired) electrons. The molecule has 0 N–H and O–H groups in total. The lowest BCUT2D eigenvalue weighted by molar-refractivity contribution is 0.830. The van der Waals surface area contributed by atoms with Crippen LogP contribution in [-0.4, -0.2) is 16.0 Å². The van der Waals surface area contributed by atoms with Gasteiger partial charge in [0.25, 0.3) is 0 Å². The van der Waals surface area contributed by atoms with E-state index in [1.165, 1.54) is 3.57 Å². The van der Waals surface area contributed by atoms with E-state index in [0.29, 0.717) is 17.4 Å². The van der Waals surface area contributed by atoms with E-state index in [4.69, 9.17) is 16.6 Å². The molecule has 2 aromatic carbocycles. The second-order valence-corrected chi connectivity index (χ2v) is 9.33. The van der Waals surface area contributed by atoms with Crippen LogP contribution in [0.15, 0.2) is 122 Å². The summed E-state index contributed by atoms with van der Waals surface area (Å²) in [6, 6.07) is 20.2. The molecule has 5 heteroatoms. The van der Waals surface area contributed by atoms with Gasteiger partial charge in [-0.15, -0.1) is 0 Å². The van der Waals surface area contributed by atoms with E-state index >= 15 is 0 Å². The summed E-state index contributed by atoms with van der Waals surface area (Å²) in [6.07, 6.45) is 17.0. The predicted molar refractivity (Wildman–Crippen MR) is 159 cm³/mol. The number of rotatable bonds is 10. The van der Waals surface area contributed by atoms with Crippen LogP contribution in [0.3, 0.4) is 0 Å². The van der Waals surface area contributed by atoms with E-state index in [0.717, 1.165) is 22.6 Å². The fourth-order valence-electron chi connectivity index (χ4n) is 3.59. The third-order valence-electron chi connectivity index (χ3n) is 5.17. The van der Waals surface area contributed by atoms with Crippen LogP contribution in [0.2, 0.25) is 5.15 Å². The minimum atomic E-state index is 0.121. The first kappa shape index (κ1) is 26.6. The number of hydrogen-bond donors (Lipinski definition) is 0. The average molecular weight is 594 g/mol. The Hall–Kier alpha value is -2.96. The van der Waals surface area contributed by atoms with Crippen molar-refractivity contribution in [2.24, 2.45) is 0 Å². The number of para-hydroxylation sites is 1. The van der Waals surface area contributed by atoms with Gasteiger partial charge in [-0.25, -0.2) is 9.97 Å². The largest absolute Gasteiger partial charge is 0.334 e. The van der Waals surface area contributed by atoms with Crippen molar-refractivity contribution in [3.8, 4) is 11.4 Å². The zero-order chi connectivity index (χ0) is 25.0. The maximum absolute atomic E-state index is 6.32. The Labute approximate surface area is 227 Å². The minimum absolute atomic E-state index is 0.121. The molecular formula is C30H29ClIN3. The van der Waals surface area contributed by atoms with Crippen molar-refractivity contribution in [3.63, 3.8) is 0 Å². The van der Waals surface area contributed by atoms with Gasteiger partial charge in [0.15, 0.2) is 5.82 Å². The maximum atomic E-state index is 6.32. The second-order valence-electron chi connectivity index (χ2n) is 7.78. The Balaban J connectivity index is 1.92. The van der Waals surface area contributed by atoms with Crippen LogP contribution < -0.4 is 4.90 Å². The summed E-state index contributed by atoms with van der Waals surface area (Å²) < 4.78 is 1.18. The molecule has 1 aromatic heterocycles. The number of halogens is 2. The highest BCUT2D eigenvalue weighted by Crippen LogP contribution is 2.29. The Bertz CT molecular complexity index is 1250. The van der Waals surface area contributed by atoms with Crippen LogP contribution in [0, 0.1) is 3.57 Å². The van der Waals surface area contributed by atoms with Crippen molar-refractivity contribution in [3.05, 3.63) is 136 Å². The number of anilines is 1. The van der Waals surface area contributed by atoms with Gasteiger partial charge in [-0.2, -0.15) is 0 Å². The number of nitrogens with zero attached hydrogens (tertiary/aromatic N) is 3. The molecule has 0 saturated heterocycles. The lowest BCUT2D eigenvalue weighted by atomic mass is 10.1. The Morgan fingerprint density at radius 2 is 1.83 bits per heavy atom. The number of aromatic nitrogens is 2. The van der Waals surface area contributed by atoms with Crippen LogP contribution in [0.4, 0.5) is 5.69 Å². The third-order valence-corrected chi connectivity index (χ3v) is 6.28. The first-order valence-electron chi connectivity index (χ1n) is 11.4. The fourth-order valence-corrected chi connectivity index (χ4v) is 4.44. The number of benzene rings is 2. The van der Waals surface area contributed by atoms with Crippen molar-refractivity contribution < 1.29 is 0 Å².